The molecule has 0 spiro atoms. The van der Waals surface area contributed by atoms with Gasteiger partial charge >= 0.3 is 0 Å². The Morgan fingerprint density at radius 2 is 2.08 bits per heavy atom. The summed E-state index contributed by atoms with van der Waals surface area (Å²) in [4.78, 5) is 17.4. The van der Waals surface area contributed by atoms with E-state index in [9.17, 15) is 4.79 Å². The van der Waals surface area contributed by atoms with Crippen LogP contribution in [0.2, 0.25) is 0 Å². The van der Waals surface area contributed by atoms with Crippen molar-refractivity contribution in [2.45, 2.75) is 32.2 Å². The molecule has 130 valence electrons. The maximum absolute atomic E-state index is 11.9. The first kappa shape index (κ1) is 17.4. The van der Waals surface area contributed by atoms with Crippen LogP contribution in [-0.4, -0.2) is 22.0 Å². The summed E-state index contributed by atoms with van der Waals surface area (Å²) in [5, 5.41) is 4.90. The Labute approximate surface area is 152 Å². The van der Waals surface area contributed by atoms with Crippen LogP contribution >= 0.6 is 11.3 Å². The van der Waals surface area contributed by atoms with Crippen molar-refractivity contribution in [3.05, 3.63) is 65.1 Å². The molecule has 0 aliphatic rings. The summed E-state index contributed by atoms with van der Waals surface area (Å²) in [6, 6.07) is 12.0. The zero-order valence-electron chi connectivity index (χ0n) is 14.3. The Morgan fingerprint density at radius 3 is 2.88 bits per heavy atom. The van der Waals surface area contributed by atoms with Crippen molar-refractivity contribution in [2.24, 2.45) is 0 Å². The molecule has 0 radical (unpaired) electrons. The molecule has 1 amide bonds. The number of benzene rings is 1. The van der Waals surface area contributed by atoms with Gasteiger partial charge in [0.1, 0.15) is 5.82 Å². The van der Waals surface area contributed by atoms with Crippen molar-refractivity contribution in [1.82, 2.24) is 14.9 Å². The fourth-order valence-corrected chi connectivity index (χ4v) is 3.57. The van der Waals surface area contributed by atoms with Crippen molar-refractivity contribution in [3.63, 3.8) is 0 Å². The molecule has 4 nitrogen and oxygen atoms in total. The number of para-hydroxylation sites is 2. The highest BCUT2D eigenvalue weighted by Crippen LogP contribution is 2.18. The lowest BCUT2D eigenvalue weighted by Crippen LogP contribution is -2.23. The Bertz CT molecular complexity index is 836. The summed E-state index contributed by atoms with van der Waals surface area (Å²) >= 11 is 1.47. The minimum Gasteiger partial charge on any atom is -0.351 e. The third-order valence-corrected chi connectivity index (χ3v) is 5.02. The number of carbonyl (C=O) groups excluding carboxylic acids is 1. The average Bonchev–Trinajstić information content (AvgIpc) is 3.27. The van der Waals surface area contributed by atoms with Gasteiger partial charge in [0.05, 0.1) is 15.9 Å². The molecule has 0 fully saturated rings. The molecule has 5 heteroatoms. The van der Waals surface area contributed by atoms with Gasteiger partial charge in [0.25, 0.3) is 5.91 Å². The van der Waals surface area contributed by atoms with E-state index in [1.807, 2.05) is 35.7 Å². The second-order valence-corrected chi connectivity index (χ2v) is 6.91. The fraction of sp³-hybridized carbons (Fsp3) is 0.300. The summed E-state index contributed by atoms with van der Waals surface area (Å²) in [7, 11) is 0. The third kappa shape index (κ3) is 4.37. The molecule has 1 N–H and O–H groups in total. The lowest BCUT2D eigenvalue weighted by atomic mass is 10.2. The molecule has 3 rings (SSSR count). The number of aryl methyl sites for hydroxylation is 1. The summed E-state index contributed by atoms with van der Waals surface area (Å²) in [6.45, 7) is 5.36. The quantitative estimate of drug-likeness (QED) is 0.457. The number of amides is 1. The Hall–Kier alpha value is -2.40. The molecular formula is C20H23N3OS. The lowest BCUT2D eigenvalue weighted by Gasteiger charge is -2.07. The van der Waals surface area contributed by atoms with E-state index < -0.39 is 0 Å². The average molecular weight is 353 g/mol. The van der Waals surface area contributed by atoms with E-state index in [1.165, 1.54) is 16.9 Å². The van der Waals surface area contributed by atoms with Gasteiger partial charge in [0.2, 0.25) is 0 Å². The van der Waals surface area contributed by atoms with Crippen LogP contribution in [0, 0.1) is 0 Å². The predicted molar refractivity (Wildman–Crippen MR) is 104 cm³/mol. The predicted octanol–water partition coefficient (Wildman–Crippen LogP) is 4.43. The molecule has 3 aromatic rings. The van der Waals surface area contributed by atoms with Crippen LogP contribution in [0.4, 0.5) is 0 Å². The van der Waals surface area contributed by atoms with Crippen molar-refractivity contribution >= 4 is 28.3 Å². The molecule has 25 heavy (non-hydrogen) atoms. The highest BCUT2D eigenvalue weighted by molar-refractivity contribution is 7.12. The highest BCUT2D eigenvalue weighted by Gasteiger charge is 2.09. The molecule has 0 atom stereocenters. The van der Waals surface area contributed by atoms with Crippen molar-refractivity contribution < 1.29 is 4.79 Å². The smallest absolute Gasteiger partial charge is 0.261 e. The van der Waals surface area contributed by atoms with Crippen molar-refractivity contribution in [2.75, 3.05) is 6.54 Å². The van der Waals surface area contributed by atoms with Gasteiger partial charge in [-0.15, -0.1) is 17.9 Å². The van der Waals surface area contributed by atoms with E-state index in [0.717, 1.165) is 55.0 Å². The Balaban J connectivity index is 1.46. The number of unbranched alkanes of at least 4 members (excludes halogenated alkanes) is 2. The highest BCUT2D eigenvalue weighted by atomic mass is 32.1. The molecule has 0 aliphatic carbocycles. The van der Waals surface area contributed by atoms with Gasteiger partial charge in [0, 0.05) is 19.5 Å². The van der Waals surface area contributed by atoms with E-state index >= 15 is 0 Å². The van der Waals surface area contributed by atoms with Gasteiger partial charge in [-0.1, -0.05) is 30.7 Å². The number of thiophene rings is 1. The SMILES string of the molecule is C=CCn1c(CCCCCNC(=O)c2cccs2)nc2ccccc21. The van der Waals surface area contributed by atoms with Crippen LogP contribution in [-0.2, 0) is 13.0 Å². The molecule has 0 unspecified atom stereocenters. The maximum Gasteiger partial charge on any atom is 0.261 e. The second kappa shape index (κ2) is 8.62. The van der Waals surface area contributed by atoms with Gasteiger partial charge in [-0.05, 0) is 36.4 Å². The van der Waals surface area contributed by atoms with Crippen molar-refractivity contribution in [1.29, 1.82) is 0 Å². The Morgan fingerprint density at radius 1 is 1.20 bits per heavy atom. The standard InChI is InChI=1S/C20H23N3OS/c1-2-14-23-17-10-6-5-9-16(17)22-19(23)12-4-3-7-13-21-20(24)18-11-8-15-25-18/h2,5-6,8-11,15H,1,3-4,7,12-14H2,(H,21,24). The molecule has 2 heterocycles. The zero-order chi connectivity index (χ0) is 17.5. The number of nitrogens with one attached hydrogen (secondary N) is 1. The van der Waals surface area contributed by atoms with Crippen LogP contribution < -0.4 is 5.32 Å². The summed E-state index contributed by atoms with van der Waals surface area (Å²) in [5.41, 5.74) is 2.21. The fourth-order valence-electron chi connectivity index (χ4n) is 2.93. The van der Waals surface area contributed by atoms with Gasteiger partial charge < -0.3 is 9.88 Å². The number of hydrogen-bond donors (Lipinski definition) is 1. The number of carbonyl (C=O) groups is 1. The number of fused-ring (bicyclic) bond motifs is 1. The first-order chi connectivity index (χ1) is 12.3. The summed E-state index contributed by atoms with van der Waals surface area (Å²) < 4.78 is 2.24. The topological polar surface area (TPSA) is 46.9 Å². The summed E-state index contributed by atoms with van der Waals surface area (Å²) in [6.07, 6.45) is 5.98. The molecule has 0 saturated carbocycles. The molecule has 0 bridgehead atoms. The number of rotatable bonds is 9. The van der Waals surface area contributed by atoms with Gasteiger partial charge in [-0.2, -0.15) is 0 Å². The normalized spacial score (nSPS) is 10.9. The van der Waals surface area contributed by atoms with Gasteiger partial charge in [-0.3, -0.25) is 4.79 Å². The lowest BCUT2D eigenvalue weighted by molar-refractivity contribution is 0.0957. The molecule has 0 aliphatic heterocycles. The Kier molecular flexibility index (Phi) is 6.01. The third-order valence-electron chi connectivity index (χ3n) is 4.15. The molecular weight excluding hydrogens is 330 g/mol. The minimum absolute atomic E-state index is 0.0303. The largest absolute Gasteiger partial charge is 0.351 e. The van der Waals surface area contributed by atoms with E-state index in [0.29, 0.717) is 0 Å². The molecule has 1 aromatic carbocycles. The second-order valence-electron chi connectivity index (χ2n) is 5.96. The maximum atomic E-state index is 11.9. The minimum atomic E-state index is 0.0303. The number of nitrogens with zero attached hydrogens (tertiary/aromatic N) is 2. The number of allylic oxidation sites excluding steroid dienone is 1. The first-order valence-corrected chi connectivity index (χ1v) is 9.54. The molecule has 2 aromatic heterocycles. The number of hydrogen-bond acceptors (Lipinski definition) is 3. The number of imidazole rings is 1. The first-order valence-electron chi connectivity index (χ1n) is 8.66. The van der Waals surface area contributed by atoms with E-state index in [1.54, 1.807) is 0 Å². The van der Waals surface area contributed by atoms with Gasteiger partial charge in [-0.25, -0.2) is 4.98 Å². The van der Waals surface area contributed by atoms with E-state index in [2.05, 4.69) is 28.6 Å². The van der Waals surface area contributed by atoms with Crippen LogP contribution in [0.5, 0.6) is 0 Å². The number of aromatic nitrogens is 2. The van der Waals surface area contributed by atoms with Crippen LogP contribution in [0.3, 0.4) is 0 Å². The van der Waals surface area contributed by atoms with E-state index in [4.69, 9.17) is 4.98 Å². The summed E-state index contributed by atoms with van der Waals surface area (Å²) in [5.74, 6) is 1.14. The van der Waals surface area contributed by atoms with Crippen LogP contribution in [0.1, 0.15) is 34.8 Å². The van der Waals surface area contributed by atoms with Crippen molar-refractivity contribution in [3.8, 4) is 0 Å². The van der Waals surface area contributed by atoms with E-state index in [-0.39, 0.29) is 5.91 Å². The van der Waals surface area contributed by atoms with Crippen LogP contribution in [0.25, 0.3) is 11.0 Å². The monoisotopic (exact) mass is 353 g/mol. The van der Waals surface area contributed by atoms with Crippen LogP contribution in [0.15, 0.2) is 54.4 Å². The molecule has 0 saturated heterocycles. The van der Waals surface area contributed by atoms with Gasteiger partial charge in [0.15, 0.2) is 0 Å². The zero-order valence-corrected chi connectivity index (χ0v) is 15.1.